The molecule has 20 heavy (non-hydrogen) atoms. The van der Waals surface area contributed by atoms with E-state index in [0.717, 1.165) is 42.5 Å². The first-order chi connectivity index (χ1) is 9.54. The minimum atomic E-state index is 0.0797. The van der Waals surface area contributed by atoms with E-state index in [2.05, 4.69) is 17.1 Å². The van der Waals surface area contributed by atoms with E-state index >= 15 is 0 Å². The number of nitrogen functional groups attached to an aromatic ring is 1. The highest BCUT2D eigenvalue weighted by Crippen LogP contribution is 2.18. The van der Waals surface area contributed by atoms with Crippen molar-refractivity contribution in [2.75, 3.05) is 30.7 Å². The molecule has 0 spiro atoms. The molecular formula is C16H25N3O. The van der Waals surface area contributed by atoms with Gasteiger partial charge in [-0.2, -0.15) is 0 Å². The lowest BCUT2D eigenvalue weighted by Gasteiger charge is -2.30. The van der Waals surface area contributed by atoms with Crippen LogP contribution in [0.25, 0.3) is 0 Å². The van der Waals surface area contributed by atoms with Crippen LogP contribution in [0.15, 0.2) is 18.2 Å². The average Bonchev–Trinajstić information content (AvgIpc) is 2.40. The summed E-state index contributed by atoms with van der Waals surface area (Å²) < 4.78 is 0. The van der Waals surface area contributed by atoms with Crippen molar-refractivity contribution in [3.63, 3.8) is 0 Å². The second-order valence-corrected chi connectivity index (χ2v) is 5.92. The maximum Gasteiger partial charge on any atom is 0.225 e. The molecule has 1 saturated heterocycles. The molecule has 1 heterocycles. The molecule has 3 N–H and O–H groups in total. The zero-order valence-corrected chi connectivity index (χ0v) is 12.5. The zero-order valence-electron chi connectivity index (χ0n) is 12.5. The van der Waals surface area contributed by atoms with Crippen molar-refractivity contribution in [3.05, 3.63) is 23.8 Å². The smallest absolute Gasteiger partial charge is 0.225 e. The van der Waals surface area contributed by atoms with Crippen LogP contribution < -0.4 is 11.1 Å². The molecular weight excluding hydrogens is 250 g/mol. The molecule has 1 fully saturated rings. The number of hydrogen-bond donors (Lipinski definition) is 2. The summed E-state index contributed by atoms with van der Waals surface area (Å²) in [6, 6.07) is 5.56. The van der Waals surface area contributed by atoms with E-state index in [1.807, 2.05) is 25.1 Å². The predicted octanol–water partition coefficient (Wildman–Crippen LogP) is 2.64. The van der Waals surface area contributed by atoms with Crippen LogP contribution in [0, 0.1) is 12.8 Å². The van der Waals surface area contributed by atoms with Crippen LogP contribution in [0.2, 0.25) is 0 Å². The van der Waals surface area contributed by atoms with E-state index in [1.54, 1.807) is 0 Å². The van der Waals surface area contributed by atoms with Gasteiger partial charge in [0.1, 0.15) is 0 Å². The Kier molecular flexibility index (Phi) is 5.01. The Balaban J connectivity index is 1.80. The number of nitrogens with zero attached hydrogens (tertiary/aromatic N) is 1. The molecule has 4 nitrogen and oxygen atoms in total. The van der Waals surface area contributed by atoms with Crippen LogP contribution in [0.4, 0.5) is 11.4 Å². The molecule has 0 saturated carbocycles. The van der Waals surface area contributed by atoms with Gasteiger partial charge in [0.25, 0.3) is 0 Å². The molecule has 1 amide bonds. The van der Waals surface area contributed by atoms with Crippen LogP contribution >= 0.6 is 0 Å². The first-order valence-corrected chi connectivity index (χ1v) is 7.43. The van der Waals surface area contributed by atoms with Crippen molar-refractivity contribution in [2.45, 2.75) is 33.1 Å². The van der Waals surface area contributed by atoms with Gasteiger partial charge in [0.15, 0.2) is 0 Å². The lowest BCUT2D eigenvalue weighted by atomic mass is 10.0. The number of amides is 1. The van der Waals surface area contributed by atoms with Crippen LogP contribution in [-0.2, 0) is 4.79 Å². The van der Waals surface area contributed by atoms with E-state index in [-0.39, 0.29) is 5.91 Å². The fraction of sp³-hybridized carbons (Fsp3) is 0.562. The standard InChI is InChI=1S/C16H25N3O/c1-12-4-3-8-19(11-12)9-7-16(20)18-15-6-5-14(17)10-13(15)2/h5-6,10,12H,3-4,7-9,11,17H2,1-2H3,(H,18,20). The molecule has 110 valence electrons. The van der Waals surface area contributed by atoms with Gasteiger partial charge in [-0.3, -0.25) is 4.79 Å². The van der Waals surface area contributed by atoms with E-state index in [0.29, 0.717) is 6.42 Å². The molecule has 0 bridgehead atoms. The highest BCUT2D eigenvalue weighted by atomic mass is 16.1. The molecule has 0 radical (unpaired) electrons. The summed E-state index contributed by atoms with van der Waals surface area (Å²) in [5, 5.41) is 2.97. The summed E-state index contributed by atoms with van der Waals surface area (Å²) >= 11 is 0. The largest absolute Gasteiger partial charge is 0.399 e. The Morgan fingerprint density at radius 2 is 2.30 bits per heavy atom. The Hall–Kier alpha value is -1.55. The summed E-state index contributed by atoms with van der Waals surface area (Å²) in [6.07, 6.45) is 3.11. The number of anilines is 2. The van der Waals surface area contributed by atoms with Crippen molar-refractivity contribution in [3.8, 4) is 0 Å². The third-order valence-electron chi connectivity index (χ3n) is 3.92. The number of nitrogens with one attached hydrogen (secondary N) is 1. The van der Waals surface area contributed by atoms with Gasteiger partial charge in [0.05, 0.1) is 0 Å². The SMILES string of the molecule is Cc1cc(N)ccc1NC(=O)CCN1CCCC(C)C1. The van der Waals surface area contributed by atoms with Gasteiger partial charge in [-0.05, 0) is 56.0 Å². The molecule has 2 rings (SSSR count). The molecule has 1 aromatic rings. The first-order valence-electron chi connectivity index (χ1n) is 7.43. The maximum atomic E-state index is 12.0. The van der Waals surface area contributed by atoms with Gasteiger partial charge in [-0.15, -0.1) is 0 Å². The van der Waals surface area contributed by atoms with Crippen molar-refractivity contribution < 1.29 is 4.79 Å². The van der Waals surface area contributed by atoms with E-state index < -0.39 is 0 Å². The van der Waals surface area contributed by atoms with Gasteiger partial charge in [-0.1, -0.05) is 6.92 Å². The number of rotatable bonds is 4. The number of carbonyl (C=O) groups is 1. The van der Waals surface area contributed by atoms with E-state index in [9.17, 15) is 4.79 Å². The third kappa shape index (κ3) is 4.23. The highest BCUT2D eigenvalue weighted by molar-refractivity contribution is 5.91. The lowest BCUT2D eigenvalue weighted by molar-refractivity contribution is -0.116. The van der Waals surface area contributed by atoms with Gasteiger partial charge in [0.2, 0.25) is 5.91 Å². The molecule has 1 atom stereocenters. The summed E-state index contributed by atoms with van der Waals surface area (Å²) in [6.45, 7) is 7.33. The first kappa shape index (κ1) is 14.9. The lowest BCUT2D eigenvalue weighted by Crippen LogP contribution is -2.36. The second kappa shape index (κ2) is 6.75. The fourth-order valence-electron chi connectivity index (χ4n) is 2.79. The van der Waals surface area contributed by atoms with Crippen molar-refractivity contribution in [1.29, 1.82) is 0 Å². The molecule has 1 unspecified atom stereocenters. The average molecular weight is 275 g/mol. The molecule has 0 aliphatic carbocycles. The molecule has 1 aliphatic rings. The van der Waals surface area contributed by atoms with Gasteiger partial charge < -0.3 is 16.0 Å². The predicted molar refractivity (Wildman–Crippen MR) is 83.7 cm³/mol. The summed E-state index contributed by atoms with van der Waals surface area (Å²) in [7, 11) is 0. The number of nitrogens with two attached hydrogens (primary N) is 1. The van der Waals surface area contributed by atoms with Gasteiger partial charge in [0, 0.05) is 30.9 Å². The monoisotopic (exact) mass is 275 g/mol. The Morgan fingerprint density at radius 1 is 1.50 bits per heavy atom. The van der Waals surface area contributed by atoms with Gasteiger partial charge >= 0.3 is 0 Å². The number of likely N-dealkylation sites (tertiary alicyclic amines) is 1. The fourth-order valence-corrected chi connectivity index (χ4v) is 2.79. The number of hydrogen-bond acceptors (Lipinski definition) is 3. The molecule has 1 aromatic carbocycles. The van der Waals surface area contributed by atoms with Crippen LogP contribution in [0.1, 0.15) is 31.7 Å². The maximum absolute atomic E-state index is 12.0. The number of benzene rings is 1. The molecule has 0 aromatic heterocycles. The minimum Gasteiger partial charge on any atom is -0.399 e. The Morgan fingerprint density at radius 3 is 3.00 bits per heavy atom. The Bertz CT molecular complexity index is 473. The molecule has 4 heteroatoms. The Labute approximate surface area is 121 Å². The summed E-state index contributed by atoms with van der Waals surface area (Å²) in [5.74, 6) is 0.835. The van der Waals surface area contributed by atoms with Crippen LogP contribution in [-0.4, -0.2) is 30.4 Å². The number of carbonyl (C=O) groups excluding carboxylic acids is 1. The summed E-state index contributed by atoms with van der Waals surface area (Å²) in [4.78, 5) is 14.4. The van der Waals surface area contributed by atoms with Crippen molar-refractivity contribution in [1.82, 2.24) is 4.90 Å². The van der Waals surface area contributed by atoms with Crippen LogP contribution in [0.3, 0.4) is 0 Å². The van der Waals surface area contributed by atoms with Gasteiger partial charge in [-0.25, -0.2) is 0 Å². The van der Waals surface area contributed by atoms with E-state index in [1.165, 1.54) is 12.8 Å². The summed E-state index contributed by atoms with van der Waals surface area (Å²) in [5.41, 5.74) is 8.30. The topological polar surface area (TPSA) is 58.4 Å². The zero-order chi connectivity index (χ0) is 14.5. The van der Waals surface area contributed by atoms with E-state index in [4.69, 9.17) is 5.73 Å². The minimum absolute atomic E-state index is 0.0797. The quantitative estimate of drug-likeness (QED) is 0.831. The second-order valence-electron chi connectivity index (χ2n) is 5.92. The van der Waals surface area contributed by atoms with Crippen molar-refractivity contribution in [2.24, 2.45) is 5.92 Å². The van der Waals surface area contributed by atoms with Crippen molar-refractivity contribution >= 4 is 17.3 Å². The number of piperidine rings is 1. The number of aryl methyl sites for hydroxylation is 1. The molecule has 1 aliphatic heterocycles. The van der Waals surface area contributed by atoms with Crippen LogP contribution in [0.5, 0.6) is 0 Å². The normalized spacial score (nSPS) is 19.8. The third-order valence-corrected chi connectivity index (χ3v) is 3.92. The highest BCUT2D eigenvalue weighted by Gasteiger charge is 2.16.